The van der Waals surface area contributed by atoms with Gasteiger partial charge in [0.25, 0.3) is 0 Å². The fraction of sp³-hybridized carbons (Fsp3) is 0.348. The third kappa shape index (κ3) is 4.43. The summed E-state index contributed by atoms with van der Waals surface area (Å²) in [6, 6.07) is 13.8. The van der Waals surface area contributed by atoms with Crippen molar-refractivity contribution >= 4 is 18.0 Å². The molecule has 1 aliphatic carbocycles. The number of amides is 2. The van der Waals surface area contributed by atoms with Gasteiger partial charge in [0.1, 0.15) is 13.2 Å². The van der Waals surface area contributed by atoms with Gasteiger partial charge in [-0.05, 0) is 22.3 Å². The van der Waals surface area contributed by atoms with Gasteiger partial charge in [0.2, 0.25) is 12.1 Å². The summed E-state index contributed by atoms with van der Waals surface area (Å²) in [5, 5.41) is 2.15. The molecular weight excluding hydrogens is 457 g/mol. The first-order valence-corrected chi connectivity index (χ1v) is 10.4. The number of alkyl halides is 3. The van der Waals surface area contributed by atoms with Crippen LogP contribution in [-0.2, 0) is 23.8 Å². The smallest absolute Gasteiger partial charge is 0.433 e. The third-order valence-electron chi connectivity index (χ3n) is 5.77. The lowest BCUT2D eigenvalue weighted by atomic mass is 9.98. The highest BCUT2D eigenvalue weighted by atomic mass is 19.4. The summed E-state index contributed by atoms with van der Waals surface area (Å²) in [5.41, 5.74) is 4.03. The Morgan fingerprint density at radius 1 is 1.06 bits per heavy atom. The highest BCUT2D eigenvalue weighted by Crippen LogP contribution is 2.44. The van der Waals surface area contributed by atoms with Crippen LogP contribution in [0.4, 0.5) is 18.0 Å². The Kier molecular flexibility index (Phi) is 6.47. The van der Waals surface area contributed by atoms with Gasteiger partial charge in [-0.15, -0.1) is 0 Å². The van der Waals surface area contributed by atoms with Crippen LogP contribution in [0, 0.1) is 0 Å². The quantitative estimate of drug-likeness (QED) is 0.665. The Morgan fingerprint density at radius 3 is 2.21 bits per heavy atom. The maximum atomic E-state index is 13.3. The van der Waals surface area contributed by atoms with E-state index in [-0.39, 0.29) is 17.4 Å². The topological polar surface area (TPSA) is 94.2 Å². The van der Waals surface area contributed by atoms with Crippen LogP contribution in [-0.4, -0.2) is 68.2 Å². The molecule has 2 aromatic carbocycles. The van der Waals surface area contributed by atoms with E-state index in [1.807, 2.05) is 48.5 Å². The average molecular weight is 478 g/mol. The number of carbonyl (C=O) groups is 3. The van der Waals surface area contributed by atoms with Crippen LogP contribution in [0.3, 0.4) is 0 Å². The molecule has 2 aromatic rings. The number of alkyl carbamates (subject to hydrolysis) is 1. The number of hydrogen-bond acceptors (Lipinski definition) is 6. The van der Waals surface area contributed by atoms with E-state index < -0.39 is 49.6 Å². The van der Waals surface area contributed by atoms with Crippen LogP contribution in [0.1, 0.15) is 17.0 Å². The van der Waals surface area contributed by atoms with E-state index in [1.54, 1.807) is 0 Å². The molecule has 0 radical (unpaired) electrons. The van der Waals surface area contributed by atoms with Crippen molar-refractivity contribution in [2.45, 2.75) is 24.4 Å². The molecule has 0 spiro atoms. The van der Waals surface area contributed by atoms with Crippen LogP contribution < -0.4 is 5.32 Å². The molecule has 11 heteroatoms. The molecule has 2 atom stereocenters. The monoisotopic (exact) mass is 478 g/mol. The maximum absolute atomic E-state index is 13.3. The summed E-state index contributed by atoms with van der Waals surface area (Å²) in [4.78, 5) is 36.8. The Morgan fingerprint density at radius 2 is 1.65 bits per heavy atom. The van der Waals surface area contributed by atoms with Crippen molar-refractivity contribution in [3.05, 3.63) is 59.7 Å². The minimum absolute atomic E-state index is 0.0309. The van der Waals surface area contributed by atoms with Gasteiger partial charge >= 0.3 is 18.2 Å². The number of carbonyl (C=O) groups excluding carboxylic acids is 3. The number of halogens is 3. The number of hydrogen-bond donors (Lipinski definition) is 1. The van der Waals surface area contributed by atoms with Crippen LogP contribution in [0.15, 0.2) is 48.5 Å². The van der Waals surface area contributed by atoms with Crippen LogP contribution >= 0.6 is 0 Å². The highest BCUT2D eigenvalue weighted by molar-refractivity contribution is 5.88. The van der Waals surface area contributed by atoms with Crippen molar-refractivity contribution in [1.82, 2.24) is 10.2 Å². The predicted molar refractivity (Wildman–Crippen MR) is 112 cm³/mol. The Labute approximate surface area is 192 Å². The van der Waals surface area contributed by atoms with E-state index in [2.05, 4.69) is 14.8 Å². The van der Waals surface area contributed by atoms with Gasteiger partial charge in [-0.3, -0.25) is 9.69 Å². The molecule has 0 bridgehead atoms. The van der Waals surface area contributed by atoms with Crippen molar-refractivity contribution in [2.75, 3.05) is 26.9 Å². The van der Waals surface area contributed by atoms with Crippen LogP contribution in [0.2, 0.25) is 0 Å². The van der Waals surface area contributed by atoms with Gasteiger partial charge in [0.15, 0.2) is 6.04 Å². The highest BCUT2D eigenvalue weighted by Gasteiger charge is 2.55. The zero-order chi connectivity index (χ0) is 24.5. The molecule has 2 aliphatic rings. The molecule has 34 heavy (non-hydrogen) atoms. The molecule has 180 valence electrons. The molecule has 0 unspecified atom stereocenters. The second-order valence-corrected chi connectivity index (χ2v) is 7.75. The molecule has 1 saturated heterocycles. The Bertz CT molecular complexity index is 1060. The number of esters is 1. The Balaban J connectivity index is 1.38. The standard InChI is InChI=1S/C23H21F3N2O6/c1-32-20(30)18-12-33-21(23(24,25)26)28(18)19(29)10-27-22(31)34-11-17-15-8-4-2-6-13(15)14-7-3-5-9-16(14)17/h2-9,17-18,21H,10-12H2,1H3,(H,27,31)/t18-,21+/m0/s1. The van der Waals surface area contributed by atoms with Gasteiger partial charge in [-0.1, -0.05) is 48.5 Å². The molecule has 1 N–H and O–H groups in total. The van der Waals surface area contributed by atoms with Gasteiger partial charge in [-0.25, -0.2) is 9.59 Å². The number of nitrogens with one attached hydrogen (secondary N) is 1. The van der Waals surface area contributed by atoms with E-state index in [1.165, 1.54) is 0 Å². The van der Waals surface area contributed by atoms with Crippen molar-refractivity contribution in [3.63, 3.8) is 0 Å². The number of ether oxygens (including phenoxy) is 3. The lowest BCUT2D eigenvalue weighted by Gasteiger charge is -2.28. The molecule has 1 aliphatic heterocycles. The lowest BCUT2D eigenvalue weighted by molar-refractivity contribution is -0.239. The number of methoxy groups -OCH3 is 1. The number of benzene rings is 2. The van der Waals surface area contributed by atoms with E-state index in [0.717, 1.165) is 29.4 Å². The third-order valence-corrected chi connectivity index (χ3v) is 5.77. The lowest BCUT2D eigenvalue weighted by Crippen LogP contribution is -2.54. The molecule has 2 amide bonds. The summed E-state index contributed by atoms with van der Waals surface area (Å²) in [5.74, 6) is -2.44. The zero-order valence-electron chi connectivity index (χ0n) is 18.0. The Hall–Kier alpha value is -3.60. The summed E-state index contributed by atoms with van der Waals surface area (Å²) in [6.07, 6.45) is -8.52. The van der Waals surface area contributed by atoms with Crippen molar-refractivity contribution < 1.29 is 41.8 Å². The summed E-state index contributed by atoms with van der Waals surface area (Å²) < 4.78 is 54.1. The van der Waals surface area contributed by atoms with Crippen LogP contribution in [0.5, 0.6) is 0 Å². The normalized spacial score (nSPS) is 19.4. The van der Waals surface area contributed by atoms with Crippen molar-refractivity contribution in [2.24, 2.45) is 0 Å². The van der Waals surface area contributed by atoms with E-state index in [9.17, 15) is 27.6 Å². The molecule has 1 heterocycles. The summed E-state index contributed by atoms with van der Waals surface area (Å²) >= 11 is 0. The largest absolute Gasteiger partial charge is 0.467 e. The van der Waals surface area contributed by atoms with E-state index >= 15 is 0 Å². The number of fused-ring (bicyclic) bond motifs is 3. The molecule has 1 fully saturated rings. The fourth-order valence-corrected chi connectivity index (χ4v) is 4.27. The summed E-state index contributed by atoms with van der Waals surface area (Å²) in [6.45, 7) is -1.52. The molecule has 0 aromatic heterocycles. The SMILES string of the molecule is COC(=O)[C@@H]1CO[C@H](C(F)(F)F)N1C(=O)CNC(=O)OCC1c2ccccc2-c2ccccc21. The second-order valence-electron chi connectivity index (χ2n) is 7.75. The van der Waals surface area contributed by atoms with Gasteiger partial charge in [0, 0.05) is 5.92 Å². The average Bonchev–Trinajstić information content (AvgIpc) is 3.41. The molecule has 4 rings (SSSR count). The van der Waals surface area contributed by atoms with E-state index in [0.29, 0.717) is 0 Å². The summed E-state index contributed by atoms with van der Waals surface area (Å²) in [7, 11) is 0.987. The fourth-order valence-electron chi connectivity index (χ4n) is 4.27. The molecular formula is C23H21F3N2O6. The predicted octanol–water partition coefficient (Wildman–Crippen LogP) is 2.81. The second kappa shape index (κ2) is 9.34. The molecule has 0 saturated carbocycles. The van der Waals surface area contributed by atoms with Gasteiger partial charge in [0.05, 0.1) is 13.7 Å². The first-order chi connectivity index (χ1) is 16.2. The van der Waals surface area contributed by atoms with Gasteiger partial charge < -0.3 is 19.5 Å². The zero-order valence-corrected chi connectivity index (χ0v) is 18.0. The van der Waals surface area contributed by atoms with Gasteiger partial charge in [-0.2, -0.15) is 13.2 Å². The minimum Gasteiger partial charge on any atom is -0.467 e. The van der Waals surface area contributed by atoms with E-state index in [4.69, 9.17) is 4.74 Å². The maximum Gasteiger partial charge on any atom is 0.433 e. The first-order valence-electron chi connectivity index (χ1n) is 10.4. The van der Waals surface area contributed by atoms with Crippen molar-refractivity contribution in [1.29, 1.82) is 0 Å². The number of rotatable bonds is 5. The van der Waals surface area contributed by atoms with Crippen LogP contribution in [0.25, 0.3) is 11.1 Å². The number of nitrogens with zero attached hydrogens (tertiary/aromatic N) is 1. The van der Waals surface area contributed by atoms with Crippen molar-refractivity contribution in [3.8, 4) is 11.1 Å². The molecule has 8 nitrogen and oxygen atoms in total. The first kappa shape index (κ1) is 23.6. The minimum atomic E-state index is -4.93.